The van der Waals surface area contributed by atoms with Gasteiger partial charge in [-0.15, -0.1) is 11.3 Å². The lowest BCUT2D eigenvalue weighted by molar-refractivity contribution is 0.302. The molecule has 0 bridgehead atoms. The van der Waals surface area contributed by atoms with Gasteiger partial charge in [-0.3, -0.25) is 0 Å². The first kappa shape index (κ1) is 16.1. The number of thiophene rings is 1. The second-order valence-corrected chi connectivity index (χ2v) is 6.61. The zero-order valence-electron chi connectivity index (χ0n) is 12.7. The van der Waals surface area contributed by atoms with Crippen molar-refractivity contribution in [2.45, 2.75) is 19.7 Å². The van der Waals surface area contributed by atoms with Crippen molar-refractivity contribution >= 4 is 22.9 Å². The van der Waals surface area contributed by atoms with E-state index in [-0.39, 0.29) is 0 Å². The normalized spacial score (nSPS) is 10.7. The molecule has 0 spiro atoms. The van der Waals surface area contributed by atoms with E-state index >= 15 is 0 Å². The van der Waals surface area contributed by atoms with E-state index in [2.05, 4.69) is 28.9 Å². The number of halogens is 1. The molecule has 0 atom stereocenters. The zero-order chi connectivity index (χ0) is 15.9. The predicted octanol–water partition coefficient (Wildman–Crippen LogP) is 5.27. The van der Waals surface area contributed by atoms with E-state index < -0.39 is 0 Å². The molecule has 1 aromatic heterocycles. The van der Waals surface area contributed by atoms with Gasteiger partial charge in [-0.05, 0) is 23.6 Å². The Hall–Kier alpha value is -1.81. The maximum atomic E-state index is 6.18. The molecule has 2 aromatic carbocycles. The SMILES string of the molecule is Clc1ccccc1COc1ccccc1CNCc1cccs1. The summed E-state index contributed by atoms with van der Waals surface area (Å²) in [4.78, 5) is 1.33. The molecule has 2 nitrogen and oxygen atoms in total. The van der Waals surface area contributed by atoms with Crippen molar-refractivity contribution in [2.24, 2.45) is 0 Å². The third-order valence-electron chi connectivity index (χ3n) is 3.51. The molecule has 118 valence electrons. The van der Waals surface area contributed by atoms with E-state index in [0.717, 1.165) is 35.0 Å². The molecule has 3 rings (SSSR count). The van der Waals surface area contributed by atoms with Crippen LogP contribution in [0.5, 0.6) is 5.75 Å². The van der Waals surface area contributed by atoms with Crippen LogP contribution >= 0.6 is 22.9 Å². The summed E-state index contributed by atoms with van der Waals surface area (Å²) in [6.45, 7) is 2.12. The monoisotopic (exact) mass is 343 g/mol. The second kappa shape index (κ2) is 8.16. The molecule has 0 saturated carbocycles. The summed E-state index contributed by atoms with van der Waals surface area (Å²) in [7, 11) is 0. The van der Waals surface area contributed by atoms with Crippen molar-refractivity contribution in [2.75, 3.05) is 0 Å². The Morgan fingerprint density at radius 2 is 1.65 bits per heavy atom. The molecule has 0 fully saturated rings. The van der Waals surface area contributed by atoms with E-state index in [1.54, 1.807) is 11.3 Å². The Bertz CT molecular complexity index is 743. The molecule has 23 heavy (non-hydrogen) atoms. The number of rotatable bonds is 7. The third kappa shape index (κ3) is 4.58. The van der Waals surface area contributed by atoms with Crippen LogP contribution in [-0.4, -0.2) is 0 Å². The average Bonchev–Trinajstić information content (AvgIpc) is 3.09. The first-order valence-corrected chi connectivity index (χ1v) is 8.76. The van der Waals surface area contributed by atoms with Gasteiger partial charge >= 0.3 is 0 Å². The van der Waals surface area contributed by atoms with Crippen LogP contribution in [0.4, 0.5) is 0 Å². The number of para-hydroxylation sites is 1. The molecule has 1 heterocycles. The highest BCUT2D eigenvalue weighted by atomic mass is 35.5. The van der Waals surface area contributed by atoms with Crippen LogP contribution in [0.3, 0.4) is 0 Å². The summed E-state index contributed by atoms with van der Waals surface area (Å²) in [5.74, 6) is 0.895. The molecule has 0 saturated heterocycles. The van der Waals surface area contributed by atoms with Crippen molar-refractivity contribution in [1.82, 2.24) is 5.32 Å². The number of benzene rings is 2. The summed E-state index contributed by atoms with van der Waals surface area (Å²) in [5.41, 5.74) is 2.15. The van der Waals surface area contributed by atoms with E-state index in [1.165, 1.54) is 4.88 Å². The van der Waals surface area contributed by atoms with Crippen LogP contribution < -0.4 is 10.1 Å². The van der Waals surface area contributed by atoms with Crippen LogP contribution in [0.1, 0.15) is 16.0 Å². The fourth-order valence-corrected chi connectivity index (χ4v) is 3.16. The highest BCUT2D eigenvalue weighted by Crippen LogP contribution is 2.22. The maximum absolute atomic E-state index is 6.18. The minimum absolute atomic E-state index is 0.474. The van der Waals surface area contributed by atoms with Crippen molar-refractivity contribution in [1.29, 1.82) is 0 Å². The Labute approximate surface area is 145 Å². The molecule has 0 aliphatic heterocycles. The fraction of sp³-hybridized carbons (Fsp3) is 0.158. The molecule has 0 aliphatic carbocycles. The van der Waals surface area contributed by atoms with Crippen LogP contribution in [0.25, 0.3) is 0 Å². The lowest BCUT2D eigenvalue weighted by atomic mass is 10.2. The summed E-state index contributed by atoms with van der Waals surface area (Å²) in [6.07, 6.45) is 0. The highest BCUT2D eigenvalue weighted by Gasteiger charge is 2.05. The van der Waals surface area contributed by atoms with Gasteiger partial charge in [-0.2, -0.15) is 0 Å². The van der Waals surface area contributed by atoms with Crippen LogP contribution in [0.15, 0.2) is 66.0 Å². The van der Waals surface area contributed by atoms with Crippen LogP contribution in [0.2, 0.25) is 5.02 Å². The molecular weight excluding hydrogens is 326 g/mol. The molecule has 1 N–H and O–H groups in total. The fourth-order valence-electron chi connectivity index (χ4n) is 2.30. The minimum atomic E-state index is 0.474. The Kier molecular flexibility index (Phi) is 5.70. The zero-order valence-corrected chi connectivity index (χ0v) is 14.2. The molecule has 0 aliphatic rings. The largest absolute Gasteiger partial charge is 0.489 e. The van der Waals surface area contributed by atoms with Gasteiger partial charge in [0, 0.05) is 34.1 Å². The maximum Gasteiger partial charge on any atom is 0.124 e. The first-order valence-electron chi connectivity index (χ1n) is 7.50. The Morgan fingerprint density at radius 1 is 0.870 bits per heavy atom. The van der Waals surface area contributed by atoms with Crippen molar-refractivity contribution in [3.63, 3.8) is 0 Å². The van der Waals surface area contributed by atoms with Gasteiger partial charge < -0.3 is 10.1 Å². The smallest absolute Gasteiger partial charge is 0.124 e. The molecular formula is C19H18ClNOS. The highest BCUT2D eigenvalue weighted by molar-refractivity contribution is 7.09. The van der Waals surface area contributed by atoms with Crippen molar-refractivity contribution < 1.29 is 4.74 Å². The quantitative estimate of drug-likeness (QED) is 0.631. The van der Waals surface area contributed by atoms with Crippen LogP contribution in [-0.2, 0) is 19.7 Å². The van der Waals surface area contributed by atoms with Gasteiger partial charge in [0.05, 0.1) is 0 Å². The van der Waals surface area contributed by atoms with Gasteiger partial charge in [0.15, 0.2) is 0 Å². The first-order chi connectivity index (χ1) is 11.3. The molecule has 4 heteroatoms. The average molecular weight is 344 g/mol. The lowest BCUT2D eigenvalue weighted by Gasteiger charge is -2.12. The molecule has 3 aromatic rings. The number of hydrogen-bond donors (Lipinski definition) is 1. The van der Waals surface area contributed by atoms with E-state index in [1.807, 2.05) is 42.5 Å². The number of hydrogen-bond acceptors (Lipinski definition) is 3. The molecule has 0 unspecified atom stereocenters. The van der Waals surface area contributed by atoms with Gasteiger partial charge in [-0.1, -0.05) is 54.1 Å². The summed E-state index contributed by atoms with van der Waals surface area (Å²) >= 11 is 7.94. The van der Waals surface area contributed by atoms with Gasteiger partial charge in [-0.25, -0.2) is 0 Å². The van der Waals surface area contributed by atoms with Gasteiger partial charge in [0.1, 0.15) is 12.4 Å². The Morgan fingerprint density at radius 3 is 2.43 bits per heavy atom. The van der Waals surface area contributed by atoms with Crippen molar-refractivity contribution in [3.05, 3.63) is 87.1 Å². The minimum Gasteiger partial charge on any atom is -0.489 e. The third-order valence-corrected chi connectivity index (χ3v) is 4.75. The molecule has 0 amide bonds. The van der Waals surface area contributed by atoms with Gasteiger partial charge in [0.2, 0.25) is 0 Å². The second-order valence-electron chi connectivity index (χ2n) is 5.17. The van der Waals surface area contributed by atoms with Gasteiger partial charge in [0.25, 0.3) is 0 Å². The van der Waals surface area contributed by atoms with E-state index in [9.17, 15) is 0 Å². The standard InChI is InChI=1S/C19H18ClNOS/c20-18-9-3-1-7-16(18)14-22-19-10-4-2-6-15(19)12-21-13-17-8-5-11-23-17/h1-11,21H,12-14H2. The summed E-state index contributed by atoms with van der Waals surface area (Å²) < 4.78 is 5.97. The molecule has 0 radical (unpaired) electrons. The topological polar surface area (TPSA) is 21.3 Å². The van der Waals surface area contributed by atoms with E-state index in [4.69, 9.17) is 16.3 Å². The predicted molar refractivity (Wildman–Crippen MR) is 97.1 cm³/mol. The van der Waals surface area contributed by atoms with Crippen LogP contribution in [0, 0.1) is 0 Å². The number of ether oxygens (including phenoxy) is 1. The Balaban J connectivity index is 1.60. The summed E-state index contributed by atoms with van der Waals surface area (Å²) in [5, 5.41) is 6.29. The van der Waals surface area contributed by atoms with Crippen molar-refractivity contribution in [3.8, 4) is 5.75 Å². The number of nitrogens with one attached hydrogen (secondary N) is 1. The lowest BCUT2D eigenvalue weighted by Crippen LogP contribution is -2.12. The van der Waals surface area contributed by atoms with E-state index in [0.29, 0.717) is 6.61 Å². The summed E-state index contributed by atoms with van der Waals surface area (Å²) in [6, 6.07) is 20.1.